The Kier molecular flexibility index (Phi) is 11.9. The Bertz CT molecular complexity index is 534. The monoisotopic (exact) mass is 475 g/mol. The molecule has 1 atom stereocenters. The lowest BCUT2D eigenvalue weighted by atomic mass is 10.0. The molecule has 0 aliphatic carbocycles. The average molecular weight is 475 g/mol. The zero-order valence-electron chi connectivity index (χ0n) is 16.3. The van der Waals surface area contributed by atoms with Crippen LogP contribution < -0.4 is 10.6 Å². The molecule has 1 fully saturated rings. The minimum absolute atomic E-state index is 0. The molecule has 1 unspecified atom stereocenters. The Labute approximate surface area is 175 Å². The van der Waals surface area contributed by atoms with Crippen LogP contribution in [0.3, 0.4) is 0 Å². The standard InChI is InChI=1S/C20H33N3O2.HI/c1-16-7-4-5-8-19(16)17(2)23-20(21-3)22-11-6-12-25-15-18-9-13-24-14-10-18;/h4-5,7-8,17-18H,6,9-15H2,1-3H3,(H2,21,22,23);1H. The van der Waals surface area contributed by atoms with E-state index in [0.717, 1.165) is 58.2 Å². The van der Waals surface area contributed by atoms with E-state index < -0.39 is 0 Å². The van der Waals surface area contributed by atoms with Gasteiger partial charge in [-0.15, -0.1) is 24.0 Å². The van der Waals surface area contributed by atoms with Crippen molar-refractivity contribution in [1.82, 2.24) is 10.6 Å². The van der Waals surface area contributed by atoms with Gasteiger partial charge in [-0.2, -0.15) is 0 Å². The Hall–Kier alpha value is -0.860. The molecule has 0 spiro atoms. The first-order valence-corrected chi connectivity index (χ1v) is 9.39. The molecular formula is C20H34IN3O2. The number of halogens is 1. The lowest BCUT2D eigenvalue weighted by Crippen LogP contribution is -2.39. The smallest absolute Gasteiger partial charge is 0.191 e. The van der Waals surface area contributed by atoms with Crippen molar-refractivity contribution >= 4 is 29.9 Å². The van der Waals surface area contributed by atoms with Crippen molar-refractivity contribution in [2.24, 2.45) is 10.9 Å². The molecule has 6 heteroatoms. The first-order valence-electron chi connectivity index (χ1n) is 9.39. The molecule has 26 heavy (non-hydrogen) atoms. The molecule has 1 aliphatic rings. The van der Waals surface area contributed by atoms with Gasteiger partial charge < -0.3 is 20.1 Å². The number of nitrogens with zero attached hydrogens (tertiary/aromatic N) is 1. The summed E-state index contributed by atoms with van der Waals surface area (Å²) in [5.74, 6) is 1.51. The number of aliphatic imine (C=N–C) groups is 1. The van der Waals surface area contributed by atoms with Crippen molar-refractivity contribution in [1.29, 1.82) is 0 Å². The van der Waals surface area contributed by atoms with Gasteiger partial charge in [0.1, 0.15) is 0 Å². The van der Waals surface area contributed by atoms with Gasteiger partial charge in [0.15, 0.2) is 5.96 Å². The highest BCUT2D eigenvalue weighted by molar-refractivity contribution is 14.0. The summed E-state index contributed by atoms with van der Waals surface area (Å²) in [5, 5.41) is 6.82. The van der Waals surface area contributed by atoms with E-state index in [-0.39, 0.29) is 30.0 Å². The van der Waals surface area contributed by atoms with E-state index in [1.54, 1.807) is 0 Å². The molecule has 148 valence electrons. The second kappa shape index (κ2) is 13.3. The first kappa shape index (κ1) is 23.2. The molecule has 1 heterocycles. The van der Waals surface area contributed by atoms with Crippen LogP contribution in [0.5, 0.6) is 0 Å². The number of ether oxygens (including phenoxy) is 2. The van der Waals surface area contributed by atoms with Crippen LogP contribution in [-0.4, -0.2) is 46.0 Å². The topological polar surface area (TPSA) is 54.9 Å². The Morgan fingerprint density at radius 3 is 2.73 bits per heavy atom. The fourth-order valence-corrected chi connectivity index (χ4v) is 3.09. The van der Waals surface area contributed by atoms with Crippen LogP contribution in [0.4, 0.5) is 0 Å². The third kappa shape index (κ3) is 8.22. The average Bonchev–Trinajstić information content (AvgIpc) is 2.64. The van der Waals surface area contributed by atoms with E-state index in [0.29, 0.717) is 5.92 Å². The molecule has 1 aliphatic heterocycles. The minimum Gasteiger partial charge on any atom is -0.381 e. The maximum atomic E-state index is 5.80. The van der Waals surface area contributed by atoms with Crippen LogP contribution in [0.2, 0.25) is 0 Å². The second-order valence-electron chi connectivity index (χ2n) is 6.71. The summed E-state index contributed by atoms with van der Waals surface area (Å²) in [5.41, 5.74) is 2.59. The summed E-state index contributed by atoms with van der Waals surface area (Å²) in [6.07, 6.45) is 3.24. The van der Waals surface area contributed by atoms with Crippen molar-refractivity contribution in [3.8, 4) is 0 Å². The van der Waals surface area contributed by atoms with Gasteiger partial charge in [0.25, 0.3) is 0 Å². The van der Waals surface area contributed by atoms with Crippen LogP contribution in [0.15, 0.2) is 29.3 Å². The number of benzene rings is 1. The van der Waals surface area contributed by atoms with Gasteiger partial charge in [0.05, 0.1) is 6.04 Å². The normalized spacial score (nSPS) is 16.7. The third-order valence-corrected chi connectivity index (χ3v) is 4.68. The lowest BCUT2D eigenvalue weighted by molar-refractivity contribution is 0.0203. The number of nitrogens with one attached hydrogen (secondary N) is 2. The van der Waals surface area contributed by atoms with Gasteiger partial charge in [0.2, 0.25) is 0 Å². The van der Waals surface area contributed by atoms with Gasteiger partial charge >= 0.3 is 0 Å². The van der Waals surface area contributed by atoms with E-state index in [1.165, 1.54) is 11.1 Å². The van der Waals surface area contributed by atoms with E-state index in [4.69, 9.17) is 9.47 Å². The fourth-order valence-electron chi connectivity index (χ4n) is 3.09. The molecule has 1 saturated heterocycles. The van der Waals surface area contributed by atoms with Crippen molar-refractivity contribution in [3.63, 3.8) is 0 Å². The maximum absolute atomic E-state index is 5.80. The van der Waals surface area contributed by atoms with Gasteiger partial charge in [0, 0.05) is 40.0 Å². The highest BCUT2D eigenvalue weighted by Gasteiger charge is 2.13. The predicted octanol–water partition coefficient (Wildman–Crippen LogP) is 3.67. The molecule has 0 bridgehead atoms. The zero-order chi connectivity index (χ0) is 17.9. The molecule has 0 amide bonds. The van der Waals surface area contributed by atoms with E-state index in [9.17, 15) is 0 Å². The highest BCUT2D eigenvalue weighted by atomic mass is 127. The summed E-state index contributed by atoms with van der Waals surface area (Å²) in [4.78, 5) is 4.31. The molecule has 2 rings (SSSR count). The van der Waals surface area contributed by atoms with Crippen LogP contribution >= 0.6 is 24.0 Å². The summed E-state index contributed by atoms with van der Waals surface area (Å²) in [7, 11) is 1.81. The number of hydrogen-bond acceptors (Lipinski definition) is 3. The second-order valence-corrected chi connectivity index (χ2v) is 6.71. The first-order chi connectivity index (χ1) is 12.2. The highest BCUT2D eigenvalue weighted by Crippen LogP contribution is 2.16. The molecule has 0 radical (unpaired) electrons. The Morgan fingerprint density at radius 1 is 1.31 bits per heavy atom. The SMILES string of the molecule is CN=C(NCCCOCC1CCOCC1)NC(C)c1ccccc1C.I. The molecule has 0 aromatic heterocycles. The van der Waals surface area contributed by atoms with Crippen LogP contribution in [0.25, 0.3) is 0 Å². The third-order valence-electron chi connectivity index (χ3n) is 4.68. The van der Waals surface area contributed by atoms with Crippen LogP contribution in [0.1, 0.15) is 43.4 Å². The zero-order valence-corrected chi connectivity index (χ0v) is 18.6. The van der Waals surface area contributed by atoms with Crippen molar-refractivity contribution in [3.05, 3.63) is 35.4 Å². The number of hydrogen-bond donors (Lipinski definition) is 2. The maximum Gasteiger partial charge on any atom is 0.191 e. The van der Waals surface area contributed by atoms with Gasteiger partial charge in [-0.1, -0.05) is 24.3 Å². The van der Waals surface area contributed by atoms with E-state index in [1.807, 2.05) is 7.05 Å². The van der Waals surface area contributed by atoms with Crippen molar-refractivity contribution in [2.45, 2.75) is 39.2 Å². The largest absolute Gasteiger partial charge is 0.381 e. The van der Waals surface area contributed by atoms with E-state index >= 15 is 0 Å². The minimum atomic E-state index is 0. The van der Waals surface area contributed by atoms with Crippen molar-refractivity contribution in [2.75, 3.05) is 40.0 Å². The number of rotatable bonds is 8. The Morgan fingerprint density at radius 2 is 2.04 bits per heavy atom. The molecule has 2 N–H and O–H groups in total. The number of aryl methyl sites for hydroxylation is 1. The quantitative estimate of drug-likeness (QED) is 0.261. The number of guanidine groups is 1. The molecule has 0 saturated carbocycles. The molecule has 5 nitrogen and oxygen atoms in total. The summed E-state index contributed by atoms with van der Waals surface area (Å²) in [6, 6.07) is 8.66. The lowest BCUT2D eigenvalue weighted by Gasteiger charge is -2.22. The van der Waals surface area contributed by atoms with Crippen molar-refractivity contribution < 1.29 is 9.47 Å². The van der Waals surface area contributed by atoms with Gasteiger partial charge in [-0.25, -0.2) is 0 Å². The van der Waals surface area contributed by atoms with Gasteiger partial charge in [-0.3, -0.25) is 4.99 Å². The summed E-state index contributed by atoms with van der Waals surface area (Å²) < 4.78 is 11.2. The summed E-state index contributed by atoms with van der Waals surface area (Å²) in [6.45, 7) is 8.57. The summed E-state index contributed by atoms with van der Waals surface area (Å²) >= 11 is 0. The van der Waals surface area contributed by atoms with E-state index in [2.05, 4.69) is 53.7 Å². The van der Waals surface area contributed by atoms with Gasteiger partial charge in [-0.05, 0) is 50.2 Å². The predicted molar refractivity (Wildman–Crippen MR) is 118 cm³/mol. The Balaban J connectivity index is 0.00000338. The molecule has 1 aromatic carbocycles. The molecular weight excluding hydrogens is 441 g/mol. The van der Waals surface area contributed by atoms with Crippen LogP contribution in [0, 0.1) is 12.8 Å². The fraction of sp³-hybridized carbons (Fsp3) is 0.650. The van der Waals surface area contributed by atoms with Crippen LogP contribution in [-0.2, 0) is 9.47 Å². The molecule has 1 aromatic rings.